The average Bonchev–Trinajstić information content (AvgIpc) is 3.10. The van der Waals surface area contributed by atoms with Crippen molar-refractivity contribution in [3.05, 3.63) is 75.7 Å². The van der Waals surface area contributed by atoms with Crippen LogP contribution in [0, 0.1) is 11.3 Å². The van der Waals surface area contributed by atoms with Gasteiger partial charge in [-0.3, -0.25) is 4.79 Å². The Morgan fingerprint density at radius 3 is 2.60 bits per heavy atom. The predicted molar refractivity (Wildman–Crippen MR) is 95.2 cm³/mol. The van der Waals surface area contributed by atoms with Gasteiger partial charge in [0.25, 0.3) is 5.56 Å². The summed E-state index contributed by atoms with van der Waals surface area (Å²) in [5.74, 6) is 0.235. The van der Waals surface area contributed by atoms with Crippen molar-refractivity contribution < 1.29 is 4.52 Å². The number of fused-ring (bicyclic) bond motifs is 1. The first-order valence-corrected chi connectivity index (χ1v) is 7.83. The van der Waals surface area contributed by atoms with Gasteiger partial charge in [-0.25, -0.2) is 0 Å². The van der Waals surface area contributed by atoms with Crippen molar-refractivity contribution in [3.8, 4) is 28.5 Å². The number of aromatic nitrogens is 2. The van der Waals surface area contributed by atoms with Crippen molar-refractivity contribution in [1.29, 1.82) is 5.26 Å². The molecule has 0 amide bonds. The molecule has 0 spiro atoms. The quantitative estimate of drug-likeness (QED) is 0.583. The number of hydrogen-bond donors (Lipinski definition) is 1. The molecule has 0 saturated carbocycles. The third-order valence-electron chi connectivity index (χ3n) is 3.91. The fraction of sp³-hybridized carbons (Fsp3) is 0. The van der Waals surface area contributed by atoms with Crippen LogP contribution in [0.1, 0.15) is 5.69 Å². The molecular formula is C19H10ClN3O2. The minimum Gasteiger partial charge on any atom is -0.355 e. The van der Waals surface area contributed by atoms with Crippen molar-refractivity contribution in [2.45, 2.75) is 0 Å². The lowest BCUT2D eigenvalue weighted by Crippen LogP contribution is -2.11. The molecule has 1 N–H and O–H groups in total. The van der Waals surface area contributed by atoms with E-state index < -0.39 is 0 Å². The average molecular weight is 348 g/mol. The van der Waals surface area contributed by atoms with Crippen LogP contribution in [0.25, 0.3) is 33.4 Å². The van der Waals surface area contributed by atoms with Gasteiger partial charge in [0.15, 0.2) is 11.5 Å². The van der Waals surface area contributed by atoms with Gasteiger partial charge < -0.3 is 9.51 Å². The van der Waals surface area contributed by atoms with Gasteiger partial charge in [0.2, 0.25) is 0 Å². The number of pyridine rings is 1. The number of halogens is 1. The van der Waals surface area contributed by atoms with Crippen molar-refractivity contribution in [2.24, 2.45) is 0 Å². The van der Waals surface area contributed by atoms with Crippen LogP contribution in [0.15, 0.2) is 63.9 Å². The van der Waals surface area contributed by atoms with Gasteiger partial charge >= 0.3 is 0 Å². The Labute approximate surface area is 147 Å². The normalized spacial score (nSPS) is 10.7. The van der Waals surface area contributed by atoms with Crippen LogP contribution < -0.4 is 5.56 Å². The molecule has 0 aliphatic heterocycles. The molecule has 0 bridgehead atoms. The minimum atomic E-state index is -0.325. The zero-order valence-electron chi connectivity index (χ0n) is 12.8. The SMILES string of the molecule is N#Cc1cc(-c2c(-c3ccccc3)c3cc(Cl)ccc3[nH]c2=O)on1. The number of aromatic amines is 1. The Hall–Kier alpha value is -3.36. The Morgan fingerprint density at radius 2 is 1.88 bits per heavy atom. The molecule has 0 saturated heterocycles. The molecule has 0 radical (unpaired) electrons. The Kier molecular flexibility index (Phi) is 3.60. The summed E-state index contributed by atoms with van der Waals surface area (Å²) in [6, 6.07) is 18.1. The Morgan fingerprint density at radius 1 is 1.08 bits per heavy atom. The molecule has 0 fully saturated rings. The highest BCUT2D eigenvalue weighted by Gasteiger charge is 2.20. The molecule has 5 nitrogen and oxygen atoms in total. The number of hydrogen-bond acceptors (Lipinski definition) is 4. The van der Waals surface area contributed by atoms with E-state index in [-0.39, 0.29) is 17.0 Å². The number of rotatable bonds is 2. The van der Waals surface area contributed by atoms with E-state index in [9.17, 15) is 4.79 Å². The van der Waals surface area contributed by atoms with Crippen LogP contribution in [0.5, 0.6) is 0 Å². The summed E-state index contributed by atoms with van der Waals surface area (Å²) in [4.78, 5) is 15.6. The minimum absolute atomic E-state index is 0.111. The number of benzene rings is 2. The molecule has 120 valence electrons. The first-order valence-electron chi connectivity index (χ1n) is 7.45. The van der Waals surface area contributed by atoms with Gasteiger partial charge in [0, 0.05) is 27.6 Å². The van der Waals surface area contributed by atoms with Gasteiger partial charge in [-0.2, -0.15) is 5.26 Å². The van der Waals surface area contributed by atoms with Crippen LogP contribution in [-0.2, 0) is 0 Å². The van der Waals surface area contributed by atoms with E-state index in [4.69, 9.17) is 21.4 Å². The van der Waals surface area contributed by atoms with Crippen molar-refractivity contribution in [2.75, 3.05) is 0 Å². The van der Waals surface area contributed by atoms with E-state index in [1.54, 1.807) is 18.2 Å². The third kappa shape index (κ3) is 2.59. The fourth-order valence-corrected chi connectivity index (χ4v) is 3.02. The van der Waals surface area contributed by atoms with Crippen molar-refractivity contribution in [3.63, 3.8) is 0 Å². The summed E-state index contributed by atoms with van der Waals surface area (Å²) in [6.45, 7) is 0. The second-order valence-corrected chi connectivity index (χ2v) is 5.88. The molecule has 25 heavy (non-hydrogen) atoms. The zero-order chi connectivity index (χ0) is 17.4. The second kappa shape index (κ2) is 5.93. The molecule has 2 aromatic heterocycles. The van der Waals surface area contributed by atoms with Crippen LogP contribution in [0.3, 0.4) is 0 Å². The predicted octanol–water partition coefficient (Wildman–Crippen LogP) is 4.38. The lowest BCUT2D eigenvalue weighted by Gasteiger charge is -2.11. The number of nitrogens with zero attached hydrogens (tertiary/aromatic N) is 2. The van der Waals surface area contributed by atoms with E-state index in [2.05, 4.69) is 10.1 Å². The highest BCUT2D eigenvalue weighted by atomic mass is 35.5. The molecule has 0 aliphatic carbocycles. The van der Waals surface area contributed by atoms with Gasteiger partial charge in [-0.15, -0.1) is 0 Å². The number of nitrogens with one attached hydrogen (secondary N) is 1. The summed E-state index contributed by atoms with van der Waals surface area (Å²) in [5.41, 5.74) is 2.29. The smallest absolute Gasteiger partial charge is 0.260 e. The van der Waals surface area contributed by atoms with Crippen LogP contribution in [0.4, 0.5) is 0 Å². The lowest BCUT2D eigenvalue weighted by molar-refractivity contribution is 0.430. The van der Waals surface area contributed by atoms with Crippen LogP contribution in [0.2, 0.25) is 5.02 Å². The second-order valence-electron chi connectivity index (χ2n) is 5.45. The van der Waals surface area contributed by atoms with Gasteiger partial charge in [0.05, 0.1) is 5.56 Å². The maximum atomic E-state index is 12.8. The number of H-pyrrole nitrogens is 1. The Balaban J connectivity index is 2.16. The highest BCUT2D eigenvalue weighted by Crippen LogP contribution is 2.36. The highest BCUT2D eigenvalue weighted by molar-refractivity contribution is 6.31. The largest absolute Gasteiger partial charge is 0.355 e. The zero-order valence-corrected chi connectivity index (χ0v) is 13.5. The maximum absolute atomic E-state index is 12.8. The van der Waals surface area contributed by atoms with Crippen LogP contribution in [-0.4, -0.2) is 10.1 Å². The molecule has 0 aliphatic rings. The van der Waals surface area contributed by atoms with Crippen LogP contribution >= 0.6 is 11.6 Å². The van der Waals surface area contributed by atoms with E-state index >= 15 is 0 Å². The summed E-state index contributed by atoms with van der Waals surface area (Å²) in [7, 11) is 0. The first kappa shape index (κ1) is 15.2. The third-order valence-corrected chi connectivity index (χ3v) is 4.14. The first-order chi connectivity index (χ1) is 12.2. The monoisotopic (exact) mass is 347 g/mol. The summed E-state index contributed by atoms with van der Waals surface area (Å²) in [6.07, 6.45) is 0. The van der Waals surface area contributed by atoms with Gasteiger partial charge in [0.1, 0.15) is 6.07 Å². The maximum Gasteiger partial charge on any atom is 0.260 e. The van der Waals surface area contributed by atoms with E-state index in [1.807, 2.05) is 36.4 Å². The topological polar surface area (TPSA) is 82.7 Å². The molecular weight excluding hydrogens is 338 g/mol. The molecule has 6 heteroatoms. The summed E-state index contributed by atoms with van der Waals surface area (Å²) >= 11 is 6.17. The fourth-order valence-electron chi connectivity index (χ4n) is 2.85. The lowest BCUT2D eigenvalue weighted by atomic mass is 9.95. The standard InChI is InChI=1S/C19H10ClN3O2/c20-12-6-7-15-14(8-12)17(11-4-2-1-3-5-11)18(19(24)22-15)16-9-13(10-21)23-25-16/h1-9H,(H,22,24). The molecule has 2 aromatic carbocycles. The van der Waals surface area contributed by atoms with E-state index in [0.717, 1.165) is 10.9 Å². The van der Waals surface area contributed by atoms with Crippen molar-refractivity contribution in [1.82, 2.24) is 10.1 Å². The number of nitriles is 1. The summed E-state index contributed by atoms with van der Waals surface area (Å²) in [5, 5.41) is 14.0. The van der Waals surface area contributed by atoms with E-state index in [1.165, 1.54) is 6.07 Å². The Bertz CT molecular complexity index is 1190. The molecule has 4 aromatic rings. The summed E-state index contributed by atoms with van der Waals surface area (Å²) < 4.78 is 5.24. The van der Waals surface area contributed by atoms with Gasteiger partial charge in [-0.1, -0.05) is 47.1 Å². The van der Waals surface area contributed by atoms with E-state index in [0.29, 0.717) is 21.7 Å². The molecule has 0 atom stereocenters. The van der Waals surface area contributed by atoms with Gasteiger partial charge in [-0.05, 0) is 23.8 Å². The molecule has 0 unspecified atom stereocenters. The van der Waals surface area contributed by atoms with Crippen molar-refractivity contribution >= 4 is 22.5 Å². The molecule has 2 heterocycles. The molecule has 4 rings (SSSR count).